The van der Waals surface area contributed by atoms with Gasteiger partial charge in [-0.25, -0.2) is 17.4 Å². The highest BCUT2D eigenvalue weighted by molar-refractivity contribution is 7.90. The van der Waals surface area contributed by atoms with Crippen molar-refractivity contribution < 1.29 is 8.42 Å². The first-order valence-corrected chi connectivity index (χ1v) is 8.48. The molecule has 117 valence electrons. The number of anilines is 1. The first-order valence-electron chi connectivity index (χ1n) is 7.04. The molecule has 0 saturated carbocycles. The molecule has 0 bridgehead atoms. The molecule has 3 rings (SSSR count). The smallest absolute Gasteiger partial charge is 0.269 e. The molecule has 2 aromatic carbocycles. The van der Waals surface area contributed by atoms with Crippen molar-refractivity contribution in [3.63, 3.8) is 0 Å². The Morgan fingerprint density at radius 1 is 1.00 bits per heavy atom. The topological polar surface area (TPSA) is 55.2 Å². The average molecular weight is 326 g/mol. The molecule has 1 aromatic heterocycles. The molecule has 1 heterocycles. The molecule has 0 amide bonds. The molecule has 0 atom stereocenters. The third kappa shape index (κ3) is 2.85. The quantitative estimate of drug-likeness (QED) is 0.740. The van der Waals surface area contributed by atoms with Gasteiger partial charge in [0.1, 0.15) is 6.20 Å². The minimum Gasteiger partial charge on any atom is -0.378 e. The summed E-state index contributed by atoms with van der Waals surface area (Å²) in [7, 11) is 0.208. The number of hydrogen-bond donors (Lipinski definition) is 0. The molecule has 0 N–H and O–H groups in total. The first kappa shape index (κ1) is 15.3. The van der Waals surface area contributed by atoms with Crippen LogP contribution in [-0.4, -0.2) is 31.5 Å². The van der Waals surface area contributed by atoms with Gasteiger partial charge < -0.3 is 4.90 Å². The maximum atomic E-state index is 12.8. The van der Waals surface area contributed by atoms with E-state index in [4.69, 9.17) is 0 Å². The minimum atomic E-state index is -3.69. The Balaban J connectivity index is 2.06. The SMILES string of the molecule is CN(C)c1ccc(-c2n[c]cn2S(=O)(=O)c2ccccc2)cc1. The van der Waals surface area contributed by atoms with Crippen LogP contribution in [0.4, 0.5) is 5.69 Å². The lowest BCUT2D eigenvalue weighted by molar-refractivity contribution is 0.588. The maximum Gasteiger partial charge on any atom is 0.269 e. The summed E-state index contributed by atoms with van der Waals surface area (Å²) in [6, 6.07) is 15.8. The van der Waals surface area contributed by atoms with Gasteiger partial charge in [-0.2, -0.15) is 0 Å². The lowest BCUT2D eigenvalue weighted by atomic mass is 10.2. The minimum absolute atomic E-state index is 0.220. The van der Waals surface area contributed by atoms with Crippen LogP contribution in [0.15, 0.2) is 65.7 Å². The summed E-state index contributed by atoms with van der Waals surface area (Å²) in [5, 5.41) is 0. The summed E-state index contributed by atoms with van der Waals surface area (Å²) >= 11 is 0. The summed E-state index contributed by atoms with van der Waals surface area (Å²) in [5.41, 5.74) is 1.75. The Labute approximate surface area is 135 Å². The first-order chi connectivity index (χ1) is 11.0. The third-order valence-electron chi connectivity index (χ3n) is 3.50. The second-order valence-electron chi connectivity index (χ2n) is 5.25. The molecule has 0 unspecified atom stereocenters. The predicted molar refractivity (Wildman–Crippen MR) is 89.9 cm³/mol. The van der Waals surface area contributed by atoms with Gasteiger partial charge in [0.05, 0.1) is 11.1 Å². The Morgan fingerprint density at radius 2 is 1.65 bits per heavy atom. The monoisotopic (exact) mass is 326 g/mol. The molecular formula is C17H16N3O2S. The van der Waals surface area contributed by atoms with E-state index in [0.717, 1.165) is 15.2 Å². The molecule has 0 aliphatic carbocycles. The van der Waals surface area contributed by atoms with E-state index in [2.05, 4.69) is 11.2 Å². The molecule has 0 aliphatic heterocycles. The van der Waals surface area contributed by atoms with Crippen molar-refractivity contribution in [2.24, 2.45) is 0 Å². The van der Waals surface area contributed by atoms with E-state index >= 15 is 0 Å². The van der Waals surface area contributed by atoms with Crippen LogP contribution < -0.4 is 4.90 Å². The third-order valence-corrected chi connectivity index (χ3v) is 5.16. The van der Waals surface area contributed by atoms with Crippen LogP contribution in [0.3, 0.4) is 0 Å². The Bertz CT molecular complexity index is 899. The van der Waals surface area contributed by atoms with Gasteiger partial charge in [-0.1, -0.05) is 18.2 Å². The van der Waals surface area contributed by atoms with Crippen molar-refractivity contribution in [1.29, 1.82) is 0 Å². The van der Waals surface area contributed by atoms with Crippen LogP contribution in [0.5, 0.6) is 0 Å². The van der Waals surface area contributed by atoms with E-state index in [1.807, 2.05) is 43.3 Å². The molecule has 0 spiro atoms. The van der Waals surface area contributed by atoms with Crippen molar-refractivity contribution in [1.82, 2.24) is 8.96 Å². The number of benzene rings is 2. The number of hydrogen-bond acceptors (Lipinski definition) is 4. The lowest BCUT2D eigenvalue weighted by Crippen LogP contribution is -2.13. The summed E-state index contributed by atoms with van der Waals surface area (Å²) in [5.74, 6) is 0.346. The highest BCUT2D eigenvalue weighted by Crippen LogP contribution is 2.24. The van der Waals surface area contributed by atoms with Gasteiger partial charge >= 0.3 is 0 Å². The molecule has 5 nitrogen and oxygen atoms in total. The summed E-state index contributed by atoms with van der Waals surface area (Å²) in [6.45, 7) is 0. The second-order valence-corrected chi connectivity index (χ2v) is 7.06. The van der Waals surface area contributed by atoms with E-state index in [9.17, 15) is 8.42 Å². The predicted octanol–water partition coefficient (Wildman–Crippen LogP) is 2.65. The van der Waals surface area contributed by atoms with E-state index in [-0.39, 0.29) is 4.90 Å². The summed E-state index contributed by atoms with van der Waals surface area (Å²) < 4.78 is 26.7. The van der Waals surface area contributed by atoms with Gasteiger partial charge in [0, 0.05) is 25.3 Å². The normalized spacial score (nSPS) is 11.4. The molecule has 1 radical (unpaired) electrons. The van der Waals surface area contributed by atoms with Crippen LogP contribution >= 0.6 is 0 Å². The maximum absolute atomic E-state index is 12.8. The van der Waals surface area contributed by atoms with Gasteiger partial charge in [0.15, 0.2) is 5.82 Å². The molecular weight excluding hydrogens is 310 g/mol. The second kappa shape index (κ2) is 5.89. The van der Waals surface area contributed by atoms with Gasteiger partial charge in [0.2, 0.25) is 0 Å². The Hall–Kier alpha value is -2.60. The highest BCUT2D eigenvalue weighted by Gasteiger charge is 2.20. The lowest BCUT2D eigenvalue weighted by Gasteiger charge is -2.13. The van der Waals surface area contributed by atoms with Gasteiger partial charge in [-0.15, -0.1) is 0 Å². The highest BCUT2D eigenvalue weighted by atomic mass is 32.2. The fraction of sp³-hybridized carbons (Fsp3) is 0.118. The van der Waals surface area contributed by atoms with Crippen LogP contribution in [-0.2, 0) is 10.0 Å². The molecule has 6 heteroatoms. The van der Waals surface area contributed by atoms with Crippen LogP contribution in [0, 0.1) is 6.20 Å². The Morgan fingerprint density at radius 3 is 2.26 bits per heavy atom. The van der Waals surface area contributed by atoms with E-state index < -0.39 is 10.0 Å². The van der Waals surface area contributed by atoms with Crippen LogP contribution in [0.1, 0.15) is 0 Å². The standard InChI is InChI=1S/C17H16N3O2S/c1-19(2)15-10-8-14(9-11-15)17-18-12-13-20(17)23(21,22)16-6-4-3-5-7-16/h3-11,13H,1-2H3. The zero-order valence-electron chi connectivity index (χ0n) is 12.8. The van der Waals surface area contributed by atoms with Gasteiger partial charge in [-0.3, -0.25) is 0 Å². The van der Waals surface area contributed by atoms with E-state index in [1.54, 1.807) is 30.3 Å². The van der Waals surface area contributed by atoms with Crippen molar-refractivity contribution in [3.05, 3.63) is 67.0 Å². The number of aromatic nitrogens is 2. The van der Waals surface area contributed by atoms with E-state index in [1.165, 1.54) is 6.20 Å². The largest absolute Gasteiger partial charge is 0.378 e. The fourth-order valence-electron chi connectivity index (χ4n) is 2.24. The number of nitrogens with zero attached hydrogens (tertiary/aromatic N) is 3. The van der Waals surface area contributed by atoms with Crippen LogP contribution in [0.2, 0.25) is 0 Å². The molecule has 0 saturated heterocycles. The average Bonchev–Trinajstić information content (AvgIpc) is 3.06. The summed E-state index contributed by atoms with van der Waals surface area (Å²) in [4.78, 5) is 6.29. The number of imidazole rings is 1. The van der Waals surface area contributed by atoms with Crippen molar-refractivity contribution in [2.75, 3.05) is 19.0 Å². The van der Waals surface area contributed by atoms with Gasteiger partial charge in [0.25, 0.3) is 10.0 Å². The molecule has 0 fully saturated rings. The van der Waals surface area contributed by atoms with Crippen LogP contribution in [0.25, 0.3) is 11.4 Å². The van der Waals surface area contributed by atoms with Gasteiger partial charge in [-0.05, 0) is 36.4 Å². The van der Waals surface area contributed by atoms with Crippen molar-refractivity contribution in [3.8, 4) is 11.4 Å². The number of rotatable bonds is 4. The molecule has 0 aliphatic rings. The Kier molecular flexibility index (Phi) is 3.92. The van der Waals surface area contributed by atoms with E-state index in [0.29, 0.717) is 5.82 Å². The van der Waals surface area contributed by atoms with Crippen molar-refractivity contribution in [2.45, 2.75) is 4.90 Å². The zero-order valence-corrected chi connectivity index (χ0v) is 13.7. The fourth-order valence-corrected chi connectivity index (χ4v) is 3.53. The molecule has 3 aromatic rings. The summed E-state index contributed by atoms with van der Waals surface area (Å²) in [6.07, 6.45) is 3.98. The van der Waals surface area contributed by atoms with Crippen molar-refractivity contribution >= 4 is 15.7 Å². The molecule has 23 heavy (non-hydrogen) atoms. The zero-order chi connectivity index (χ0) is 16.4.